The van der Waals surface area contributed by atoms with Crippen molar-refractivity contribution in [3.05, 3.63) is 0 Å². The highest BCUT2D eigenvalue weighted by Gasteiger charge is 2.14. The fourth-order valence-corrected chi connectivity index (χ4v) is 1.08. The summed E-state index contributed by atoms with van der Waals surface area (Å²) < 4.78 is 0. The summed E-state index contributed by atoms with van der Waals surface area (Å²) in [5.41, 5.74) is 0. The fraction of sp³-hybridized carbons (Fsp3) is 0.846. The van der Waals surface area contributed by atoms with Crippen molar-refractivity contribution in [2.24, 2.45) is 0 Å². The van der Waals surface area contributed by atoms with Crippen molar-refractivity contribution in [2.75, 3.05) is 0 Å². The van der Waals surface area contributed by atoms with Gasteiger partial charge in [-0.3, -0.25) is 9.59 Å². The maximum Gasteiger partial charge on any atom is 0.220 e. The predicted octanol–water partition coefficient (Wildman–Crippen LogP) is 3.08. The Balaban J connectivity index is 0. The van der Waals surface area contributed by atoms with Crippen LogP contribution in [0.2, 0.25) is 0 Å². The SMILES string of the molecule is CCC.CCCC[C@H](NC(=O)CC)C(C)=O. The molecule has 0 aliphatic rings. The number of hydrogen-bond acceptors (Lipinski definition) is 2. The van der Waals surface area contributed by atoms with Gasteiger partial charge in [0.25, 0.3) is 0 Å². The Morgan fingerprint density at radius 3 is 1.94 bits per heavy atom. The summed E-state index contributed by atoms with van der Waals surface area (Å²) in [5.74, 6) is 0.00607. The fourth-order valence-electron chi connectivity index (χ4n) is 1.08. The van der Waals surface area contributed by atoms with E-state index in [4.69, 9.17) is 0 Å². The summed E-state index contributed by atoms with van der Waals surface area (Å²) in [4.78, 5) is 22.1. The van der Waals surface area contributed by atoms with E-state index in [1.165, 1.54) is 13.3 Å². The maximum absolute atomic E-state index is 11.1. The van der Waals surface area contributed by atoms with Crippen LogP contribution in [0.3, 0.4) is 0 Å². The number of hydrogen-bond donors (Lipinski definition) is 1. The molecule has 0 heterocycles. The molecular weight excluding hydrogens is 202 g/mol. The number of amides is 1. The van der Waals surface area contributed by atoms with Crippen molar-refractivity contribution >= 4 is 11.7 Å². The molecule has 0 rings (SSSR count). The first kappa shape index (κ1) is 17.5. The molecule has 0 bridgehead atoms. The number of carbonyl (C=O) groups excluding carboxylic acids is 2. The summed E-state index contributed by atoms with van der Waals surface area (Å²) >= 11 is 0. The predicted molar refractivity (Wildman–Crippen MR) is 68.4 cm³/mol. The van der Waals surface area contributed by atoms with Crippen LogP contribution in [-0.4, -0.2) is 17.7 Å². The zero-order chi connectivity index (χ0) is 13.0. The van der Waals surface area contributed by atoms with Gasteiger partial charge in [-0.2, -0.15) is 0 Å². The Hall–Kier alpha value is -0.860. The van der Waals surface area contributed by atoms with Gasteiger partial charge in [-0.1, -0.05) is 47.0 Å². The van der Waals surface area contributed by atoms with Crippen LogP contribution in [0, 0.1) is 0 Å². The summed E-state index contributed by atoms with van der Waals surface area (Å²) in [7, 11) is 0. The van der Waals surface area contributed by atoms with Crippen LogP contribution in [0.15, 0.2) is 0 Å². The third kappa shape index (κ3) is 11.2. The Kier molecular flexibility index (Phi) is 13.4. The first-order valence-corrected chi connectivity index (χ1v) is 6.33. The van der Waals surface area contributed by atoms with Crippen LogP contribution in [0.25, 0.3) is 0 Å². The maximum atomic E-state index is 11.1. The second-order valence-electron chi connectivity index (χ2n) is 3.93. The van der Waals surface area contributed by atoms with Crippen molar-refractivity contribution in [1.82, 2.24) is 5.32 Å². The van der Waals surface area contributed by atoms with Crippen molar-refractivity contribution in [3.63, 3.8) is 0 Å². The topological polar surface area (TPSA) is 46.2 Å². The second-order valence-corrected chi connectivity index (χ2v) is 3.93. The Labute approximate surface area is 100.0 Å². The zero-order valence-corrected chi connectivity index (χ0v) is 11.4. The number of Topliss-reactive ketones (excluding diaryl/α,β-unsaturated/α-hetero) is 1. The van der Waals surface area contributed by atoms with Gasteiger partial charge in [-0.25, -0.2) is 0 Å². The molecule has 0 saturated carbocycles. The zero-order valence-electron chi connectivity index (χ0n) is 11.4. The highest BCUT2D eigenvalue weighted by atomic mass is 16.2. The molecule has 3 heteroatoms. The van der Waals surface area contributed by atoms with E-state index in [1.54, 1.807) is 6.92 Å². The van der Waals surface area contributed by atoms with Gasteiger partial charge in [0, 0.05) is 6.42 Å². The van der Waals surface area contributed by atoms with Gasteiger partial charge in [-0.15, -0.1) is 0 Å². The minimum absolute atomic E-state index is 0.0451. The molecule has 0 radical (unpaired) electrons. The molecule has 0 spiro atoms. The minimum atomic E-state index is -0.271. The standard InChI is InChI=1S/C10H19NO2.C3H8/c1-4-6-7-9(8(3)12)11-10(13)5-2;1-3-2/h9H,4-7H2,1-3H3,(H,11,13);3H2,1-2H3/t9-;/m0./s1. The lowest BCUT2D eigenvalue weighted by molar-refractivity contribution is -0.126. The van der Waals surface area contributed by atoms with E-state index in [0.717, 1.165) is 19.3 Å². The van der Waals surface area contributed by atoms with Gasteiger partial charge < -0.3 is 5.32 Å². The van der Waals surface area contributed by atoms with E-state index in [0.29, 0.717) is 6.42 Å². The van der Waals surface area contributed by atoms with Crippen LogP contribution in [-0.2, 0) is 9.59 Å². The van der Waals surface area contributed by atoms with Crippen molar-refractivity contribution in [1.29, 1.82) is 0 Å². The summed E-state index contributed by atoms with van der Waals surface area (Å²) in [6, 6.07) is -0.271. The van der Waals surface area contributed by atoms with Gasteiger partial charge in [0.05, 0.1) is 6.04 Å². The first-order chi connectivity index (χ1) is 7.53. The molecule has 0 unspecified atom stereocenters. The molecule has 96 valence electrons. The molecule has 0 fully saturated rings. The van der Waals surface area contributed by atoms with Crippen molar-refractivity contribution < 1.29 is 9.59 Å². The van der Waals surface area contributed by atoms with Crippen LogP contribution in [0.1, 0.15) is 66.7 Å². The molecule has 0 aromatic heterocycles. The molecule has 3 nitrogen and oxygen atoms in total. The second kappa shape index (κ2) is 12.2. The lowest BCUT2D eigenvalue weighted by Crippen LogP contribution is -2.39. The van der Waals surface area contributed by atoms with Crippen LogP contribution < -0.4 is 5.32 Å². The van der Waals surface area contributed by atoms with Crippen LogP contribution in [0.5, 0.6) is 0 Å². The van der Waals surface area contributed by atoms with E-state index >= 15 is 0 Å². The van der Waals surface area contributed by atoms with Crippen LogP contribution in [0.4, 0.5) is 0 Å². The molecule has 1 amide bonds. The summed E-state index contributed by atoms with van der Waals surface area (Å²) in [5, 5.41) is 2.71. The van der Waals surface area contributed by atoms with Gasteiger partial charge >= 0.3 is 0 Å². The molecule has 16 heavy (non-hydrogen) atoms. The molecular formula is C13H27NO2. The van der Waals surface area contributed by atoms with E-state index in [9.17, 15) is 9.59 Å². The molecule has 0 aromatic carbocycles. The third-order valence-electron chi connectivity index (χ3n) is 1.99. The van der Waals surface area contributed by atoms with Crippen molar-refractivity contribution in [2.45, 2.75) is 72.8 Å². The summed E-state index contributed by atoms with van der Waals surface area (Å²) in [6.07, 6.45) is 4.48. The molecule has 0 aliphatic carbocycles. The van der Waals surface area contributed by atoms with E-state index in [2.05, 4.69) is 26.1 Å². The number of unbranched alkanes of at least 4 members (excludes halogenated alkanes) is 1. The Bertz CT molecular complexity index is 190. The smallest absolute Gasteiger partial charge is 0.220 e. The average molecular weight is 229 g/mol. The van der Waals surface area contributed by atoms with E-state index in [1.807, 2.05) is 0 Å². The molecule has 0 saturated heterocycles. The number of nitrogens with one attached hydrogen (secondary N) is 1. The quantitative estimate of drug-likeness (QED) is 0.760. The first-order valence-electron chi connectivity index (χ1n) is 6.33. The van der Waals surface area contributed by atoms with E-state index < -0.39 is 0 Å². The largest absolute Gasteiger partial charge is 0.346 e. The van der Waals surface area contributed by atoms with Crippen LogP contribution >= 0.6 is 0 Å². The number of ketones is 1. The molecule has 1 atom stereocenters. The molecule has 0 aromatic rings. The van der Waals surface area contributed by atoms with Gasteiger partial charge in [0.1, 0.15) is 0 Å². The monoisotopic (exact) mass is 229 g/mol. The van der Waals surface area contributed by atoms with Gasteiger partial charge in [0.15, 0.2) is 5.78 Å². The highest BCUT2D eigenvalue weighted by Crippen LogP contribution is 2.01. The lowest BCUT2D eigenvalue weighted by atomic mass is 10.1. The summed E-state index contributed by atoms with van der Waals surface area (Å²) in [6.45, 7) is 9.63. The van der Waals surface area contributed by atoms with Crippen molar-refractivity contribution in [3.8, 4) is 0 Å². The Morgan fingerprint density at radius 1 is 1.12 bits per heavy atom. The van der Waals surface area contributed by atoms with E-state index in [-0.39, 0.29) is 17.7 Å². The number of carbonyl (C=O) groups is 2. The van der Waals surface area contributed by atoms with Gasteiger partial charge in [0.2, 0.25) is 5.91 Å². The Morgan fingerprint density at radius 2 is 1.62 bits per heavy atom. The number of rotatable bonds is 6. The normalized spacial score (nSPS) is 11.1. The van der Waals surface area contributed by atoms with Gasteiger partial charge in [-0.05, 0) is 13.3 Å². The lowest BCUT2D eigenvalue weighted by Gasteiger charge is -2.14. The average Bonchev–Trinajstić information content (AvgIpc) is 2.24. The highest BCUT2D eigenvalue weighted by molar-refractivity contribution is 5.87. The minimum Gasteiger partial charge on any atom is -0.346 e. The molecule has 1 N–H and O–H groups in total. The molecule has 0 aliphatic heterocycles. The third-order valence-corrected chi connectivity index (χ3v) is 1.99.